The molecule has 1 fully saturated rings. The van der Waals surface area contributed by atoms with Crippen molar-refractivity contribution in [3.63, 3.8) is 0 Å². The van der Waals surface area contributed by atoms with Crippen LogP contribution >= 0.6 is 22.2 Å². The average Bonchev–Trinajstić information content (AvgIpc) is 2.04. The molecule has 1 rings (SSSR count). The lowest BCUT2D eigenvalue weighted by Gasteiger charge is -2.32. The molecule has 0 bridgehead atoms. The van der Waals surface area contributed by atoms with E-state index in [1.807, 2.05) is 0 Å². The van der Waals surface area contributed by atoms with E-state index < -0.39 is 6.86 Å². The lowest BCUT2D eigenvalue weighted by Crippen LogP contribution is -2.48. The number of nitrogens with one attached hydrogen (secondary N) is 1. The Labute approximate surface area is 91.7 Å². The van der Waals surface area contributed by atoms with Crippen LogP contribution in [0.4, 0.5) is 0 Å². The van der Waals surface area contributed by atoms with E-state index in [0.717, 1.165) is 0 Å². The summed E-state index contributed by atoms with van der Waals surface area (Å²) in [6, 6.07) is 0.406. The van der Waals surface area contributed by atoms with Gasteiger partial charge in [-0.05, 0) is 24.4 Å². The fraction of sp³-hybridized carbons (Fsp3) is 1.00. The normalized spacial score (nSPS) is 21.0. The van der Waals surface area contributed by atoms with Crippen LogP contribution in [0.25, 0.3) is 0 Å². The molecular weight excluding hydrogens is 221 g/mol. The maximum Gasteiger partial charge on any atom is 0.325 e. The van der Waals surface area contributed by atoms with Crippen molar-refractivity contribution in [2.24, 2.45) is 0 Å². The Morgan fingerprint density at radius 3 is 2.15 bits per heavy atom. The lowest BCUT2D eigenvalue weighted by molar-refractivity contribution is 0.491. The molecule has 0 heterocycles. The minimum atomic E-state index is -2.17. The quantitative estimate of drug-likeness (QED) is 0.585. The van der Waals surface area contributed by atoms with Crippen molar-refractivity contribution >= 4 is 29.0 Å². The van der Waals surface area contributed by atoms with Crippen molar-refractivity contribution in [3.8, 4) is 0 Å². The first kappa shape index (κ1) is 11.8. The van der Waals surface area contributed by atoms with Crippen LogP contribution in [0.1, 0.15) is 46.0 Å². The number of hydrogen-bond acceptors (Lipinski definition) is 1. The van der Waals surface area contributed by atoms with Gasteiger partial charge in [0.05, 0.1) is 0 Å². The van der Waals surface area contributed by atoms with Crippen molar-refractivity contribution in [2.45, 2.75) is 57.5 Å². The minimum Gasteiger partial charge on any atom is -0.311 e. The van der Waals surface area contributed by atoms with E-state index >= 15 is 0 Å². The van der Waals surface area contributed by atoms with E-state index in [0.29, 0.717) is 11.6 Å². The Morgan fingerprint density at radius 2 is 1.69 bits per heavy atom. The molecule has 0 radical (unpaired) electrons. The zero-order valence-corrected chi connectivity index (χ0v) is 11.0. The molecule has 4 heteroatoms. The van der Waals surface area contributed by atoms with Crippen LogP contribution in [0.3, 0.4) is 0 Å². The Balaban J connectivity index is 2.45. The third kappa shape index (κ3) is 3.78. The van der Waals surface area contributed by atoms with Crippen molar-refractivity contribution in [3.05, 3.63) is 0 Å². The Morgan fingerprint density at radius 1 is 1.15 bits per heavy atom. The Bertz CT molecular complexity index is 156. The first-order chi connectivity index (χ1) is 6.02. The molecule has 13 heavy (non-hydrogen) atoms. The van der Waals surface area contributed by atoms with Gasteiger partial charge in [0.2, 0.25) is 0 Å². The maximum atomic E-state index is 6.40. The number of rotatable bonds is 3. The van der Waals surface area contributed by atoms with Crippen LogP contribution in [0.2, 0.25) is 5.54 Å². The average molecular weight is 240 g/mol. The van der Waals surface area contributed by atoms with Gasteiger partial charge in [0.15, 0.2) is 0 Å². The summed E-state index contributed by atoms with van der Waals surface area (Å²) in [5.74, 6) is 0. The van der Waals surface area contributed by atoms with E-state index in [9.17, 15) is 0 Å². The molecule has 0 saturated heterocycles. The summed E-state index contributed by atoms with van der Waals surface area (Å²) in [6.07, 6.45) is 6.41. The zero-order valence-electron chi connectivity index (χ0n) is 8.45. The summed E-state index contributed by atoms with van der Waals surface area (Å²) in [6.45, 7) is 2.04. The molecule has 0 amide bonds. The zero-order chi connectivity index (χ0) is 9.90. The summed E-state index contributed by atoms with van der Waals surface area (Å²) in [5.41, 5.74) is 0.562. The summed E-state index contributed by atoms with van der Waals surface area (Å²) in [7, 11) is 0. The second kappa shape index (κ2) is 5.01. The molecule has 0 aliphatic heterocycles. The summed E-state index contributed by atoms with van der Waals surface area (Å²) >= 11 is 12.8. The second-order valence-electron chi connectivity index (χ2n) is 4.26. The van der Waals surface area contributed by atoms with E-state index in [-0.39, 0.29) is 0 Å². The van der Waals surface area contributed by atoms with Crippen molar-refractivity contribution < 1.29 is 0 Å². The predicted molar refractivity (Wildman–Crippen MR) is 62.6 cm³/mol. The van der Waals surface area contributed by atoms with Crippen molar-refractivity contribution in [1.82, 2.24) is 4.98 Å². The van der Waals surface area contributed by atoms with E-state index in [2.05, 4.69) is 18.8 Å². The van der Waals surface area contributed by atoms with Gasteiger partial charge >= 0.3 is 6.86 Å². The predicted octanol–water partition coefficient (Wildman–Crippen LogP) is 3.74. The highest BCUT2D eigenvalue weighted by atomic mass is 35.7. The van der Waals surface area contributed by atoms with Crippen molar-refractivity contribution in [2.75, 3.05) is 0 Å². The third-order valence-corrected chi connectivity index (χ3v) is 7.67. The van der Waals surface area contributed by atoms with Gasteiger partial charge in [-0.1, -0.05) is 33.1 Å². The summed E-state index contributed by atoms with van der Waals surface area (Å²) in [5, 5.41) is 0. The monoisotopic (exact) mass is 239 g/mol. The summed E-state index contributed by atoms with van der Waals surface area (Å²) < 4.78 is 0. The van der Waals surface area contributed by atoms with Crippen LogP contribution < -0.4 is 4.98 Å². The van der Waals surface area contributed by atoms with Gasteiger partial charge in [-0.25, -0.2) is 0 Å². The molecule has 0 unspecified atom stereocenters. The second-order valence-corrected chi connectivity index (χ2v) is 10.8. The Hall–Kier alpha value is 0.757. The van der Waals surface area contributed by atoms with Gasteiger partial charge in [-0.15, -0.1) is 22.2 Å². The molecule has 1 N–H and O–H groups in total. The lowest BCUT2D eigenvalue weighted by atomic mass is 10.0. The van der Waals surface area contributed by atoms with Crippen LogP contribution in [0.5, 0.6) is 0 Å². The molecular formula is C9H19Cl2NSi. The molecule has 0 aromatic rings. The van der Waals surface area contributed by atoms with Gasteiger partial charge in [-0.3, -0.25) is 0 Å². The summed E-state index contributed by atoms with van der Waals surface area (Å²) in [4.78, 5) is 3.36. The first-order valence-electron chi connectivity index (χ1n) is 5.18. The molecule has 0 aromatic heterocycles. The van der Waals surface area contributed by atoms with Gasteiger partial charge in [0, 0.05) is 0 Å². The molecule has 1 nitrogen and oxygen atoms in total. The fourth-order valence-corrected chi connectivity index (χ4v) is 6.73. The van der Waals surface area contributed by atoms with Gasteiger partial charge in [0.1, 0.15) is 0 Å². The smallest absolute Gasteiger partial charge is 0.311 e. The SMILES string of the molecule is CC(C)N[Si](Cl)(Cl)C1CCCCC1. The van der Waals surface area contributed by atoms with Gasteiger partial charge in [0.25, 0.3) is 0 Å². The fourth-order valence-electron chi connectivity index (χ4n) is 1.97. The first-order valence-corrected chi connectivity index (χ1v) is 9.28. The van der Waals surface area contributed by atoms with E-state index in [1.54, 1.807) is 0 Å². The standard InChI is InChI=1S/C9H19Cl2NSi/c1-8(2)12-13(10,11)9-6-4-3-5-7-9/h8-9,12H,3-7H2,1-2H3. The van der Waals surface area contributed by atoms with Crippen LogP contribution in [-0.2, 0) is 0 Å². The highest BCUT2D eigenvalue weighted by molar-refractivity contribution is 7.44. The van der Waals surface area contributed by atoms with Crippen LogP contribution in [0, 0.1) is 0 Å². The highest BCUT2D eigenvalue weighted by Gasteiger charge is 2.39. The molecule has 0 spiro atoms. The molecule has 1 aliphatic carbocycles. The third-order valence-electron chi connectivity index (χ3n) is 2.60. The van der Waals surface area contributed by atoms with Gasteiger partial charge < -0.3 is 4.98 Å². The molecule has 78 valence electrons. The van der Waals surface area contributed by atoms with Crippen LogP contribution in [0.15, 0.2) is 0 Å². The topological polar surface area (TPSA) is 12.0 Å². The molecule has 1 saturated carbocycles. The number of halogens is 2. The highest BCUT2D eigenvalue weighted by Crippen LogP contribution is 2.39. The molecule has 1 aliphatic rings. The largest absolute Gasteiger partial charge is 0.325 e. The Kier molecular flexibility index (Phi) is 4.56. The van der Waals surface area contributed by atoms with Crippen LogP contribution in [-0.4, -0.2) is 12.9 Å². The van der Waals surface area contributed by atoms with E-state index in [1.165, 1.54) is 32.1 Å². The molecule has 0 aromatic carbocycles. The van der Waals surface area contributed by atoms with Gasteiger partial charge in [-0.2, -0.15) is 0 Å². The van der Waals surface area contributed by atoms with E-state index in [4.69, 9.17) is 22.2 Å². The van der Waals surface area contributed by atoms with Crippen molar-refractivity contribution in [1.29, 1.82) is 0 Å². The minimum absolute atomic E-state index is 0.406. The number of hydrogen-bond donors (Lipinski definition) is 1. The maximum absolute atomic E-state index is 6.40. The molecule has 0 atom stereocenters.